The summed E-state index contributed by atoms with van der Waals surface area (Å²) in [4.78, 5) is 15.4. The average Bonchev–Trinajstić information content (AvgIpc) is 2.64. The normalized spacial score (nSPS) is 11.0. The van der Waals surface area contributed by atoms with E-state index < -0.39 is 6.09 Å². The third kappa shape index (κ3) is 6.13. The molecule has 138 valence electrons. The number of anilines is 1. The number of rotatable bonds is 5. The first kappa shape index (κ1) is 19.9. The zero-order valence-electron chi connectivity index (χ0n) is 14.5. The van der Waals surface area contributed by atoms with Gasteiger partial charge in [0, 0.05) is 35.9 Å². The average molecular weight is 395 g/mol. The molecular formula is C18H20Cl2N4O2. The molecule has 0 radical (unpaired) electrons. The molecule has 0 saturated carbocycles. The predicted octanol–water partition coefficient (Wildman–Crippen LogP) is 4.04. The van der Waals surface area contributed by atoms with Gasteiger partial charge in [0.2, 0.25) is 0 Å². The summed E-state index contributed by atoms with van der Waals surface area (Å²) in [5, 5.41) is 10.2. The SMILES string of the molecule is CN=C(NCc1ccc(NC(=O)OC)cc1)NCc1ccc(Cl)cc1Cl. The van der Waals surface area contributed by atoms with Gasteiger partial charge < -0.3 is 15.4 Å². The number of hydrogen-bond acceptors (Lipinski definition) is 3. The first-order valence-corrected chi connectivity index (χ1v) is 8.59. The van der Waals surface area contributed by atoms with Crippen molar-refractivity contribution in [2.75, 3.05) is 19.5 Å². The number of aliphatic imine (C=N–C) groups is 1. The lowest BCUT2D eigenvalue weighted by Gasteiger charge is -2.13. The Kier molecular flexibility index (Phi) is 7.56. The van der Waals surface area contributed by atoms with Crippen molar-refractivity contribution in [2.24, 2.45) is 4.99 Å². The lowest BCUT2D eigenvalue weighted by molar-refractivity contribution is 0.187. The maximum Gasteiger partial charge on any atom is 0.411 e. The fourth-order valence-electron chi connectivity index (χ4n) is 2.13. The van der Waals surface area contributed by atoms with E-state index in [2.05, 4.69) is 25.7 Å². The molecule has 0 aliphatic heterocycles. The van der Waals surface area contributed by atoms with Gasteiger partial charge in [0.15, 0.2) is 5.96 Å². The summed E-state index contributed by atoms with van der Waals surface area (Å²) in [6.45, 7) is 1.10. The van der Waals surface area contributed by atoms with Gasteiger partial charge in [0.1, 0.15) is 0 Å². The highest BCUT2D eigenvalue weighted by atomic mass is 35.5. The zero-order chi connectivity index (χ0) is 18.9. The van der Waals surface area contributed by atoms with Crippen LogP contribution in [-0.2, 0) is 17.8 Å². The van der Waals surface area contributed by atoms with Gasteiger partial charge in [-0.15, -0.1) is 0 Å². The van der Waals surface area contributed by atoms with Gasteiger partial charge in [-0.3, -0.25) is 10.3 Å². The number of methoxy groups -OCH3 is 1. The molecule has 0 aromatic heterocycles. The van der Waals surface area contributed by atoms with Gasteiger partial charge in [-0.05, 0) is 35.4 Å². The van der Waals surface area contributed by atoms with E-state index in [-0.39, 0.29) is 0 Å². The highest BCUT2D eigenvalue weighted by molar-refractivity contribution is 6.35. The molecule has 0 spiro atoms. The van der Waals surface area contributed by atoms with Crippen LogP contribution >= 0.6 is 23.2 Å². The summed E-state index contributed by atoms with van der Waals surface area (Å²) in [5.41, 5.74) is 2.63. The molecule has 0 unspecified atom stereocenters. The number of guanidine groups is 1. The molecule has 6 nitrogen and oxygen atoms in total. The summed E-state index contributed by atoms with van der Waals surface area (Å²) >= 11 is 12.1. The Labute approximate surface area is 162 Å². The van der Waals surface area contributed by atoms with Crippen LogP contribution in [0.5, 0.6) is 0 Å². The number of carbonyl (C=O) groups excluding carboxylic acids is 1. The minimum absolute atomic E-state index is 0.499. The highest BCUT2D eigenvalue weighted by Crippen LogP contribution is 2.20. The molecule has 2 rings (SSSR count). The molecule has 0 heterocycles. The van der Waals surface area contributed by atoms with Gasteiger partial charge in [-0.25, -0.2) is 4.79 Å². The molecule has 0 aliphatic carbocycles. The van der Waals surface area contributed by atoms with Crippen molar-refractivity contribution in [1.29, 1.82) is 0 Å². The monoisotopic (exact) mass is 394 g/mol. The Balaban J connectivity index is 1.85. The smallest absolute Gasteiger partial charge is 0.411 e. The summed E-state index contributed by atoms with van der Waals surface area (Å²) in [6.07, 6.45) is -0.499. The van der Waals surface area contributed by atoms with E-state index in [0.717, 1.165) is 11.1 Å². The molecular weight excluding hydrogens is 375 g/mol. The molecule has 2 aromatic carbocycles. The molecule has 0 fully saturated rings. The Morgan fingerprint density at radius 3 is 2.38 bits per heavy atom. The van der Waals surface area contributed by atoms with Crippen molar-refractivity contribution in [1.82, 2.24) is 10.6 Å². The molecule has 26 heavy (non-hydrogen) atoms. The van der Waals surface area contributed by atoms with E-state index in [0.29, 0.717) is 34.8 Å². The fourth-order valence-corrected chi connectivity index (χ4v) is 2.60. The molecule has 0 aliphatic rings. The van der Waals surface area contributed by atoms with Crippen molar-refractivity contribution in [3.63, 3.8) is 0 Å². The quantitative estimate of drug-likeness (QED) is 0.528. The number of nitrogens with one attached hydrogen (secondary N) is 3. The van der Waals surface area contributed by atoms with Crippen LogP contribution < -0.4 is 16.0 Å². The second-order valence-electron chi connectivity index (χ2n) is 5.33. The minimum atomic E-state index is -0.499. The van der Waals surface area contributed by atoms with Crippen LogP contribution in [0.4, 0.5) is 10.5 Å². The Morgan fingerprint density at radius 2 is 1.77 bits per heavy atom. The third-order valence-electron chi connectivity index (χ3n) is 3.53. The lowest BCUT2D eigenvalue weighted by atomic mass is 10.2. The zero-order valence-corrected chi connectivity index (χ0v) is 16.0. The second-order valence-corrected chi connectivity index (χ2v) is 6.17. The number of benzene rings is 2. The molecule has 0 atom stereocenters. The predicted molar refractivity (Wildman–Crippen MR) is 106 cm³/mol. The Bertz CT molecular complexity index is 779. The molecule has 1 amide bonds. The number of nitrogens with zero attached hydrogens (tertiary/aromatic N) is 1. The second kappa shape index (κ2) is 9.89. The highest BCUT2D eigenvalue weighted by Gasteiger charge is 2.04. The fraction of sp³-hybridized carbons (Fsp3) is 0.222. The van der Waals surface area contributed by atoms with Gasteiger partial charge in [-0.2, -0.15) is 0 Å². The van der Waals surface area contributed by atoms with Crippen molar-refractivity contribution in [3.8, 4) is 0 Å². The Morgan fingerprint density at radius 1 is 1.08 bits per heavy atom. The molecule has 0 saturated heterocycles. The number of halogens is 2. The van der Waals surface area contributed by atoms with E-state index in [9.17, 15) is 4.79 Å². The van der Waals surface area contributed by atoms with Crippen LogP contribution in [0, 0.1) is 0 Å². The van der Waals surface area contributed by atoms with Crippen LogP contribution in [0.1, 0.15) is 11.1 Å². The molecule has 0 bridgehead atoms. The van der Waals surface area contributed by atoms with Gasteiger partial charge in [-0.1, -0.05) is 41.4 Å². The van der Waals surface area contributed by atoms with Crippen molar-refractivity contribution < 1.29 is 9.53 Å². The first-order valence-electron chi connectivity index (χ1n) is 7.84. The molecule has 2 aromatic rings. The third-order valence-corrected chi connectivity index (χ3v) is 4.12. The van der Waals surface area contributed by atoms with E-state index in [1.807, 2.05) is 18.2 Å². The maximum atomic E-state index is 11.2. The number of ether oxygens (including phenoxy) is 1. The molecule has 8 heteroatoms. The topological polar surface area (TPSA) is 74.8 Å². The standard InChI is InChI=1S/C18H20Cl2N4O2/c1-21-17(23-11-13-5-6-14(19)9-16(13)20)22-10-12-3-7-15(8-4-12)24-18(25)26-2/h3-9H,10-11H2,1-2H3,(H,24,25)(H2,21,22,23). The van der Waals surface area contributed by atoms with Crippen LogP contribution in [0.3, 0.4) is 0 Å². The number of amides is 1. The van der Waals surface area contributed by atoms with Crippen molar-refractivity contribution in [3.05, 3.63) is 63.6 Å². The van der Waals surface area contributed by atoms with Gasteiger partial charge in [0.25, 0.3) is 0 Å². The minimum Gasteiger partial charge on any atom is -0.453 e. The van der Waals surface area contributed by atoms with E-state index >= 15 is 0 Å². The van der Waals surface area contributed by atoms with Crippen LogP contribution in [-0.4, -0.2) is 26.2 Å². The van der Waals surface area contributed by atoms with Gasteiger partial charge >= 0.3 is 6.09 Å². The number of carbonyl (C=O) groups is 1. The van der Waals surface area contributed by atoms with Crippen molar-refractivity contribution in [2.45, 2.75) is 13.1 Å². The summed E-state index contributed by atoms with van der Waals surface area (Å²) in [7, 11) is 3.02. The Hall–Kier alpha value is -2.44. The van der Waals surface area contributed by atoms with E-state index in [1.165, 1.54) is 7.11 Å². The number of hydrogen-bond donors (Lipinski definition) is 3. The van der Waals surface area contributed by atoms with E-state index in [4.69, 9.17) is 23.2 Å². The largest absolute Gasteiger partial charge is 0.453 e. The van der Waals surface area contributed by atoms with Crippen LogP contribution in [0.15, 0.2) is 47.5 Å². The lowest BCUT2D eigenvalue weighted by Crippen LogP contribution is -2.36. The summed E-state index contributed by atoms with van der Waals surface area (Å²) in [5.74, 6) is 0.646. The maximum absolute atomic E-state index is 11.2. The van der Waals surface area contributed by atoms with E-state index in [1.54, 1.807) is 31.3 Å². The van der Waals surface area contributed by atoms with Crippen molar-refractivity contribution >= 4 is 40.9 Å². The summed E-state index contributed by atoms with van der Waals surface area (Å²) < 4.78 is 4.55. The first-order chi connectivity index (χ1) is 12.5. The van der Waals surface area contributed by atoms with Crippen LogP contribution in [0.2, 0.25) is 10.0 Å². The summed E-state index contributed by atoms with van der Waals surface area (Å²) in [6, 6.07) is 12.8. The van der Waals surface area contributed by atoms with Crippen LogP contribution in [0.25, 0.3) is 0 Å². The van der Waals surface area contributed by atoms with Gasteiger partial charge in [0.05, 0.1) is 7.11 Å². The molecule has 3 N–H and O–H groups in total.